The predicted molar refractivity (Wildman–Crippen MR) is 69.7 cm³/mol. The maximum Gasteiger partial charge on any atom is 0.251 e. The molecule has 2 unspecified atom stereocenters. The Balaban J connectivity index is 2.67. The highest BCUT2D eigenvalue weighted by atomic mass is 16.5. The van der Waals surface area contributed by atoms with Crippen molar-refractivity contribution in [2.75, 3.05) is 13.7 Å². The van der Waals surface area contributed by atoms with Crippen LogP contribution in [0.25, 0.3) is 0 Å². The van der Waals surface area contributed by atoms with Crippen molar-refractivity contribution in [3.8, 4) is 5.75 Å². The highest BCUT2D eigenvalue weighted by Gasteiger charge is 2.12. The number of carbonyl (C=O) groups excluding carboxylic acids is 1. The molecule has 0 saturated carbocycles. The second-order valence-electron chi connectivity index (χ2n) is 4.30. The Kier molecular flexibility index (Phi) is 5.12. The lowest BCUT2D eigenvalue weighted by Crippen LogP contribution is -2.43. The molecule has 0 radical (unpaired) electrons. The molecule has 0 spiro atoms. The van der Waals surface area contributed by atoms with Gasteiger partial charge in [-0.1, -0.05) is 6.07 Å². The van der Waals surface area contributed by atoms with Crippen molar-refractivity contribution >= 4 is 5.91 Å². The maximum atomic E-state index is 11.8. The zero-order valence-electron chi connectivity index (χ0n) is 10.9. The van der Waals surface area contributed by atoms with Gasteiger partial charge in [0, 0.05) is 18.2 Å². The number of nitrogens with two attached hydrogens (primary N) is 1. The topological polar surface area (TPSA) is 84.6 Å². The van der Waals surface area contributed by atoms with Crippen LogP contribution in [0.5, 0.6) is 5.75 Å². The van der Waals surface area contributed by atoms with Crippen LogP contribution in [0.4, 0.5) is 0 Å². The monoisotopic (exact) mass is 252 g/mol. The number of benzene rings is 1. The third kappa shape index (κ3) is 3.72. The molecule has 0 bridgehead atoms. The number of hydrogen-bond acceptors (Lipinski definition) is 4. The number of aryl methyl sites for hydroxylation is 1. The summed E-state index contributed by atoms with van der Waals surface area (Å²) in [6, 6.07) is 4.75. The lowest BCUT2D eigenvalue weighted by molar-refractivity contribution is 0.0937. The SMILES string of the molecule is COc1cc(C(=O)NCC(N)C(C)O)ccc1C. The smallest absolute Gasteiger partial charge is 0.251 e. The Morgan fingerprint density at radius 3 is 2.78 bits per heavy atom. The Labute approximate surface area is 107 Å². The van der Waals surface area contributed by atoms with Crippen LogP contribution in [-0.2, 0) is 0 Å². The number of ether oxygens (including phenoxy) is 1. The third-order valence-corrected chi connectivity index (χ3v) is 2.79. The van der Waals surface area contributed by atoms with E-state index in [1.54, 1.807) is 26.2 Å². The first-order valence-corrected chi connectivity index (χ1v) is 5.82. The Hall–Kier alpha value is -1.59. The molecule has 4 N–H and O–H groups in total. The van der Waals surface area contributed by atoms with Crippen LogP contribution in [0, 0.1) is 6.92 Å². The molecule has 1 rings (SSSR count). The van der Waals surface area contributed by atoms with Crippen molar-refractivity contribution in [3.63, 3.8) is 0 Å². The van der Waals surface area contributed by atoms with Crippen LogP contribution in [0.2, 0.25) is 0 Å². The summed E-state index contributed by atoms with van der Waals surface area (Å²) in [7, 11) is 1.56. The van der Waals surface area contributed by atoms with Crippen LogP contribution in [-0.4, -0.2) is 36.8 Å². The number of amides is 1. The number of rotatable bonds is 5. The summed E-state index contributed by atoms with van der Waals surface area (Å²) in [4.78, 5) is 11.8. The van der Waals surface area contributed by atoms with Gasteiger partial charge in [0.2, 0.25) is 0 Å². The minimum atomic E-state index is -0.655. The van der Waals surface area contributed by atoms with Gasteiger partial charge in [-0.25, -0.2) is 0 Å². The first-order valence-electron chi connectivity index (χ1n) is 5.82. The Bertz CT molecular complexity index is 419. The van der Waals surface area contributed by atoms with E-state index in [0.29, 0.717) is 11.3 Å². The predicted octanol–water partition coefficient (Wildman–Crippen LogP) is 0.442. The van der Waals surface area contributed by atoms with Gasteiger partial charge >= 0.3 is 0 Å². The quantitative estimate of drug-likeness (QED) is 0.710. The molecule has 0 aromatic heterocycles. The molecule has 0 aliphatic carbocycles. The van der Waals surface area contributed by atoms with E-state index in [4.69, 9.17) is 10.5 Å². The molecule has 0 fully saturated rings. The van der Waals surface area contributed by atoms with Crippen molar-refractivity contribution in [2.24, 2.45) is 5.73 Å². The molecule has 0 aliphatic heterocycles. The van der Waals surface area contributed by atoms with Gasteiger partial charge in [-0.05, 0) is 31.5 Å². The van der Waals surface area contributed by atoms with Gasteiger partial charge in [-0.15, -0.1) is 0 Å². The molecule has 1 amide bonds. The first kappa shape index (κ1) is 14.5. The van der Waals surface area contributed by atoms with Crippen LogP contribution < -0.4 is 15.8 Å². The summed E-state index contributed by atoms with van der Waals surface area (Å²) in [6.45, 7) is 3.72. The van der Waals surface area contributed by atoms with E-state index in [2.05, 4.69) is 5.32 Å². The first-order chi connectivity index (χ1) is 8.45. The molecule has 5 nitrogen and oxygen atoms in total. The second kappa shape index (κ2) is 6.37. The lowest BCUT2D eigenvalue weighted by Gasteiger charge is -2.15. The van der Waals surface area contributed by atoms with Gasteiger partial charge in [-0.2, -0.15) is 0 Å². The molecule has 2 atom stereocenters. The van der Waals surface area contributed by atoms with Crippen molar-refractivity contribution < 1.29 is 14.6 Å². The standard InChI is InChI=1S/C13H20N2O3/c1-8-4-5-10(6-12(8)18-3)13(17)15-7-11(14)9(2)16/h4-6,9,11,16H,7,14H2,1-3H3,(H,15,17). The molecule has 5 heteroatoms. The van der Waals surface area contributed by atoms with Crippen LogP contribution in [0.1, 0.15) is 22.8 Å². The highest BCUT2D eigenvalue weighted by Crippen LogP contribution is 2.18. The van der Waals surface area contributed by atoms with Gasteiger partial charge in [0.1, 0.15) is 5.75 Å². The van der Waals surface area contributed by atoms with Gasteiger partial charge < -0.3 is 20.9 Å². The number of hydrogen-bond donors (Lipinski definition) is 3. The van der Waals surface area contributed by atoms with Crippen LogP contribution in [0.15, 0.2) is 18.2 Å². The van der Waals surface area contributed by atoms with Crippen LogP contribution in [0.3, 0.4) is 0 Å². The summed E-state index contributed by atoms with van der Waals surface area (Å²) in [5.74, 6) is 0.437. The third-order valence-electron chi connectivity index (χ3n) is 2.79. The number of methoxy groups -OCH3 is 1. The van der Waals surface area contributed by atoms with Gasteiger partial charge in [0.15, 0.2) is 0 Å². The molecule has 1 aromatic carbocycles. The van der Waals surface area contributed by atoms with E-state index in [1.807, 2.05) is 13.0 Å². The molecule has 100 valence electrons. The fourth-order valence-corrected chi connectivity index (χ4v) is 1.44. The minimum Gasteiger partial charge on any atom is -0.496 e. The Morgan fingerprint density at radius 1 is 1.56 bits per heavy atom. The van der Waals surface area contributed by atoms with Crippen molar-refractivity contribution in [1.29, 1.82) is 0 Å². The number of nitrogens with one attached hydrogen (secondary N) is 1. The largest absolute Gasteiger partial charge is 0.496 e. The lowest BCUT2D eigenvalue weighted by atomic mass is 10.1. The fourth-order valence-electron chi connectivity index (χ4n) is 1.44. The van der Waals surface area contributed by atoms with E-state index in [1.165, 1.54) is 0 Å². The molecule has 1 aromatic rings. The molecular formula is C13H20N2O3. The van der Waals surface area contributed by atoms with Crippen molar-refractivity contribution in [2.45, 2.75) is 26.0 Å². The van der Waals surface area contributed by atoms with Crippen molar-refractivity contribution in [1.82, 2.24) is 5.32 Å². The number of carbonyl (C=O) groups is 1. The molecule has 18 heavy (non-hydrogen) atoms. The van der Waals surface area contributed by atoms with E-state index >= 15 is 0 Å². The van der Waals surface area contributed by atoms with Crippen LogP contribution >= 0.6 is 0 Å². The zero-order chi connectivity index (χ0) is 13.7. The average molecular weight is 252 g/mol. The summed E-state index contributed by atoms with van der Waals surface area (Å²) in [6.07, 6.45) is -0.655. The van der Waals surface area contributed by atoms with E-state index in [9.17, 15) is 9.90 Å². The highest BCUT2D eigenvalue weighted by molar-refractivity contribution is 5.94. The van der Waals surface area contributed by atoms with Gasteiger partial charge in [0.05, 0.1) is 13.2 Å². The van der Waals surface area contributed by atoms with Gasteiger partial charge in [-0.3, -0.25) is 4.79 Å². The van der Waals surface area contributed by atoms with E-state index < -0.39 is 12.1 Å². The summed E-state index contributed by atoms with van der Waals surface area (Å²) in [5, 5.41) is 11.9. The van der Waals surface area contributed by atoms with Gasteiger partial charge in [0.25, 0.3) is 5.91 Å². The van der Waals surface area contributed by atoms with Crippen molar-refractivity contribution in [3.05, 3.63) is 29.3 Å². The number of aliphatic hydroxyl groups is 1. The normalized spacial score (nSPS) is 13.8. The van der Waals surface area contributed by atoms with E-state index in [0.717, 1.165) is 5.56 Å². The minimum absolute atomic E-state index is 0.229. The summed E-state index contributed by atoms with van der Waals surface area (Å²) in [5.41, 5.74) is 7.11. The fraction of sp³-hybridized carbons (Fsp3) is 0.462. The molecule has 0 saturated heterocycles. The summed E-state index contributed by atoms with van der Waals surface area (Å²) >= 11 is 0. The summed E-state index contributed by atoms with van der Waals surface area (Å²) < 4.78 is 5.15. The Morgan fingerprint density at radius 2 is 2.22 bits per heavy atom. The molecule has 0 aliphatic rings. The second-order valence-corrected chi connectivity index (χ2v) is 4.30. The zero-order valence-corrected chi connectivity index (χ0v) is 10.9. The number of aliphatic hydroxyl groups excluding tert-OH is 1. The maximum absolute atomic E-state index is 11.8. The molecule has 0 heterocycles. The average Bonchev–Trinajstić information content (AvgIpc) is 2.35. The van der Waals surface area contributed by atoms with E-state index in [-0.39, 0.29) is 12.5 Å². The molecular weight excluding hydrogens is 232 g/mol.